The number of aryl methyl sites for hydroxylation is 1. The second-order valence-corrected chi connectivity index (χ2v) is 13.3. The van der Waals surface area contributed by atoms with Crippen LogP contribution in [-0.4, -0.2) is 77.2 Å². The molecular weight excluding hydrogens is 575 g/mol. The third-order valence-corrected chi connectivity index (χ3v) is 9.33. The second kappa shape index (κ2) is 10.8. The summed E-state index contributed by atoms with van der Waals surface area (Å²) in [6, 6.07) is 5.48. The molecule has 220 valence electrons. The van der Waals surface area contributed by atoms with E-state index in [0.717, 1.165) is 49.1 Å². The predicted molar refractivity (Wildman–Crippen MR) is 137 cm³/mol. The molecule has 0 radical (unpaired) electrons. The van der Waals surface area contributed by atoms with Crippen LogP contribution in [-0.2, 0) is 40.3 Å². The van der Waals surface area contributed by atoms with Gasteiger partial charge in [0.25, 0.3) is 12.2 Å². The van der Waals surface area contributed by atoms with Gasteiger partial charge in [0.2, 0.25) is 0 Å². The highest BCUT2D eigenvalue weighted by atomic mass is 32.2. The van der Waals surface area contributed by atoms with Gasteiger partial charge < -0.3 is 14.4 Å². The fourth-order valence-corrected chi connectivity index (χ4v) is 6.45. The summed E-state index contributed by atoms with van der Waals surface area (Å²) in [5.74, 6) is 0.684. The maximum Gasteiger partial charge on any atom is 0.485 e. The zero-order valence-electron chi connectivity index (χ0n) is 22.1. The average Bonchev–Trinajstić information content (AvgIpc) is 3.45. The Morgan fingerprint density at radius 2 is 1.73 bits per heavy atom. The third-order valence-electron chi connectivity index (χ3n) is 7.14. The number of alkyl halides is 3. The van der Waals surface area contributed by atoms with Gasteiger partial charge in [-0.3, -0.25) is 4.79 Å². The quantitative estimate of drug-likeness (QED) is 0.253. The molecule has 3 aromatic rings. The Bertz CT molecular complexity index is 1640. The number of amides is 1. The van der Waals surface area contributed by atoms with E-state index in [9.17, 15) is 26.4 Å². The van der Waals surface area contributed by atoms with Crippen molar-refractivity contribution in [3.8, 4) is 0 Å². The zero-order valence-corrected chi connectivity index (χ0v) is 23.8. The smallest absolute Gasteiger partial charge is 0.485 e. The summed E-state index contributed by atoms with van der Waals surface area (Å²) >= 11 is 0. The predicted octanol–water partition coefficient (Wildman–Crippen LogP) is 1.82. The average molecular weight is 606 g/mol. The Morgan fingerprint density at radius 3 is 2.27 bits per heavy atom. The fraction of sp³-hybridized carbons (Fsp3) is 0.500. The number of halogens is 3. The molecule has 1 aromatic carbocycles. The van der Waals surface area contributed by atoms with Crippen LogP contribution in [0.2, 0.25) is 0 Å². The van der Waals surface area contributed by atoms with Gasteiger partial charge in [-0.1, -0.05) is 6.92 Å². The monoisotopic (exact) mass is 605 g/mol. The first-order chi connectivity index (χ1) is 18.5. The lowest BCUT2D eigenvalue weighted by atomic mass is 9.98. The summed E-state index contributed by atoms with van der Waals surface area (Å²) in [6.45, 7) is 5.23. The van der Waals surface area contributed by atoms with Gasteiger partial charge in [0.1, 0.15) is 12.4 Å². The van der Waals surface area contributed by atoms with Crippen LogP contribution in [0.1, 0.15) is 41.4 Å². The van der Waals surface area contributed by atoms with E-state index >= 15 is 0 Å². The van der Waals surface area contributed by atoms with E-state index in [2.05, 4.69) is 11.8 Å². The first kappa shape index (κ1) is 30.0. The standard InChI is InChI=1S/C23H30N5O3S.CHF3O3S/c1-17-6-10-26(11-7-17)23(29)18-4-5-21-19(14-18)20-15-24(2)9-8-22(20)28(21)32(30,31)27-13-12-25(3)16-27;2-1(3,4)8(5,6)7/h4-5,12-14,16-17H,6-11,15H2,1-3H3;(H,5,6,7)/q+1;/p-1. The molecule has 1 saturated heterocycles. The number of carbonyl (C=O) groups excluding carboxylic acids is 1. The molecular formula is C24H30F3N5O6S2. The first-order valence-corrected chi connectivity index (χ1v) is 15.3. The van der Waals surface area contributed by atoms with E-state index in [-0.39, 0.29) is 5.91 Å². The second-order valence-electron chi connectivity index (χ2n) is 10.2. The Morgan fingerprint density at radius 1 is 1.10 bits per heavy atom. The Hall–Kier alpha value is -2.95. The van der Waals surface area contributed by atoms with Crippen molar-refractivity contribution in [1.82, 2.24) is 17.7 Å². The molecule has 1 fully saturated rings. The SMILES string of the molecule is CC1CCN(C(=O)c2ccc3c(c2)c2c(n3S(=O)(=O)n3cc[n+](C)c3)CCN(C)C2)CC1.O=S(=O)([O-])C(F)(F)F. The van der Waals surface area contributed by atoms with Crippen LogP contribution in [0.4, 0.5) is 13.2 Å². The van der Waals surface area contributed by atoms with E-state index in [1.54, 1.807) is 42.5 Å². The summed E-state index contributed by atoms with van der Waals surface area (Å²) in [5.41, 5.74) is -2.58. The lowest BCUT2D eigenvalue weighted by Gasteiger charge is -2.30. The number of nitrogens with zero attached hydrogens (tertiary/aromatic N) is 5. The molecule has 2 aliphatic rings. The van der Waals surface area contributed by atoms with Crippen molar-refractivity contribution in [2.45, 2.75) is 38.2 Å². The Kier molecular flexibility index (Phi) is 8.10. The Labute approximate surface area is 230 Å². The largest absolute Gasteiger partial charge is 0.741 e. The lowest BCUT2D eigenvalue weighted by molar-refractivity contribution is -0.670. The number of benzene rings is 1. The van der Waals surface area contributed by atoms with Gasteiger partial charge in [-0.15, -0.1) is 3.97 Å². The van der Waals surface area contributed by atoms with Crippen LogP contribution in [0.3, 0.4) is 0 Å². The number of carbonyl (C=O) groups is 1. The van der Waals surface area contributed by atoms with Gasteiger partial charge in [0, 0.05) is 49.2 Å². The number of piperidine rings is 1. The van der Waals surface area contributed by atoms with Crippen molar-refractivity contribution in [1.29, 1.82) is 0 Å². The van der Waals surface area contributed by atoms with Crippen molar-refractivity contribution in [2.24, 2.45) is 13.0 Å². The van der Waals surface area contributed by atoms with Crippen LogP contribution in [0.15, 0.2) is 36.9 Å². The van der Waals surface area contributed by atoms with E-state index < -0.39 is 25.8 Å². The van der Waals surface area contributed by atoms with Gasteiger partial charge in [-0.2, -0.15) is 21.6 Å². The van der Waals surface area contributed by atoms with E-state index in [1.165, 1.54) is 7.94 Å². The minimum absolute atomic E-state index is 0.0322. The van der Waals surface area contributed by atoms with Gasteiger partial charge in [0.15, 0.2) is 10.1 Å². The van der Waals surface area contributed by atoms with Crippen LogP contribution >= 0.6 is 0 Å². The topological polar surface area (TPSA) is 129 Å². The van der Waals surface area contributed by atoms with Gasteiger partial charge >= 0.3 is 15.7 Å². The van der Waals surface area contributed by atoms with Crippen molar-refractivity contribution < 1.29 is 43.9 Å². The van der Waals surface area contributed by atoms with Crippen molar-refractivity contribution >= 4 is 37.1 Å². The van der Waals surface area contributed by atoms with Gasteiger partial charge in [-0.25, -0.2) is 17.0 Å². The molecule has 0 atom stereocenters. The Balaban J connectivity index is 0.000000406. The van der Waals surface area contributed by atoms with Crippen LogP contribution < -0.4 is 4.57 Å². The first-order valence-electron chi connectivity index (χ1n) is 12.5. The highest BCUT2D eigenvalue weighted by Gasteiger charge is 2.37. The minimum atomic E-state index is -6.09. The molecule has 1 amide bonds. The summed E-state index contributed by atoms with van der Waals surface area (Å²) < 4.78 is 90.5. The molecule has 11 nitrogen and oxygen atoms in total. The normalized spacial score (nSPS) is 17.4. The molecule has 0 bridgehead atoms. The number of hydrogen-bond donors (Lipinski definition) is 0. The van der Waals surface area contributed by atoms with Crippen LogP contribution in [0.25, 0.3) is 10.9 Å². The molecule has 0 saturated carbocycles. The van der Waals surface area contributed by atoms with Crippen molar-refractivity contribution in [3.63, 3.8) is 0 Å². The highest BCUT2D eigenvalue weighted by molar-refractivity contribution is 7.88. The van der Waals surface area contributed by atoms with E-state index in [1.807, 2.05) is 18.0 Å². The lowest BCUT2D eigenvalue weighted by Crippen LogP contribution is -2.37. The maximum atomic E-state index is 13.6. The number of imidazole rings is 1. The molecule has 2 aromatic heterocycles. The number of likely N-dealkylation sites (tertiary alicyclic amines) is 1. The highest BCUT2D eigenvalue weighted by Crippen LogP contribution is 2.33. The van der Waals surface area contributed by atoms with Crippen LogP contribution in [0.5, 0.6) is 0 Å². The summed E-state index contributed by atoms with van der Waals surface area (Å²) in [7, 11) is -6.08. The number of rotatable bonds is 3. The van der Waals surface area contributed by atoms with E-state index in [4.69, 9.17) is 13.0 Å². The molecule has 16 heteroatoms. The van der Waals surface area contributed by atoms with E-state index in [0.29, 0.717) is 30.0 Å². The third kappa shape index (κ3) is 5.89. The van der Waals surface area contributed by atoms with Crippen LogP contribution in [0, 0.1) is 5.92 Å². The maximum absolute atomic E-state index is 13.6. The fourth-order valence-electron chi connectivity index (χ4n) is 4.90. The minimum Gasteiger partial charge on any atom is -0.741 e. The molecule has 0 unspecified atom stereocenters. The van der Waals surface area contributed by atoms with Crippen molar-refractivity contribution in [3.05, 3.63) is 53.7 Å². The molecule has 5 rings (SSSR count). The number of hydrogen-bond acceptors (Lipinski definition) is 7. The number of likely N-dealkylation sites (N-methyl/N-ethyl adjacent to an activating group) is 1. The summed E-state index contributed by atoms with van der Waals surface area (Å²) in [4.78, 5) is 17.3. The zero-order chi connectivity index (χ0) is 29.6. The number of aromatic nitrogens is 3. The molecule has 0 N–H and O–H groups in total. The molecule has 40 heavy (non-hydrogen) atoms. The molecule has 0 aliphatic carbocycles. The molecule has 0 spiro atoms. The van der Waals surface area contributed by atoms with Gasteiger partial charge in [-0.05, 0) is 49.6 Å². The van der Waals surface area contributed by atoms with Crippen molar-refractivity contribution in [2.75, 3.05) is 26.7 Å². The summed E-state index contributed by atoms with van der Waals surface area (Å²) in [6.07, 6.45) is 7.50. The van der Waals surface area contributed by atoms with Gasteiger partial charge in [0.05, 0.1) is 12.6 Å². The molecule has 2 aliphatic heterocycles. The molecule has 4 heterocycles. The number of fused-ring (bicyclic) bond motifs is 3. The summed E-state index contributed by atoms with van der Waals surface area (Å²) in [5, 5.41) is 0.850.